The van der Waals surface area contributed by atoms with Crippen molar-refractivity contribution in [1.82, 2.24) is 5.32 Å². The summed E-state index contributed by atoms with van der Waals surface area (Å²) in [6, 6.07) is 0. The van der Waals surface area contributed by atoms with Crippen molar-refractivity contribution in [2.24, 2.45) is 5.92 Å². The molecule has 0 aliphatic heterocycles. The Bertz CT molecular complexity index is 311. The largest absolute Gasteiger partial charge is 0.391 e. The second-order valence-electron chi connectivity index (χ2n) is 5.81. The van der Waals surface area contributed by atoms with Crippen LogP contribution in [0.4, 0.5) is 0 Å². The Morgan fingerprint density at radius 1 is 1.30 bits per heavy atom. The van der Waals surface area contributed by atoms with Gasteiger partial charge in [-0.05, 0) is 31.5 Å². The van der Waals surface area contributed by atoms with Gasteiger partial charge in [0.1, 0.15) is 0 Å². The number of nitrogens with one attached hydrogen (secondary N) is 1. The molecule has 1 fully saturated rings. The van der Waals surface area contributed by atoms with Gasteiger partial charge < -0.3 is 15.3 Å². The molecule has 1 rings (SSSR count). The molecule has 0 radical (unpaired) electrons. The van der Waals surface area contributed by atoms with E-state index in [9.17, 15) is 14.6 Å². The summed E-state index contributed by atoms with van der Waals surface area (Å²) in [5.41, 5.74) is 0. The fourth-order valence-electron chi connectivity index (χ4n) is 2.72. The highest BCUT2D eigenvalue weighted by atomic mass is 32.4. The summed E-state index contributed by atoms with van der Waals surface area (Å²) in [4.78, 5) is 10.0. The minimum Gasteiger partial charge on any atom is -0.391 e. The number of rotatable bonds is 9. The molecule has 120 valence electrons. The van der Waals surface area contributed by atoms with Crippen molar-refractivity contribution in [1.29, 1.82) is 0 Å². The molecule has 3 N–H and O–H groups in total. The summed E-state index contributed by atoms with van der Waals surface area (Å²) >= 11 is 0. The number of hydrogen-bond donors (Lipinski definition) is 3. The highest BCUT2D eigenvalue weighted by Gasteiger charge is 2.27. The van der Waals surface area contributed by atoms with E-state index in [-0.39, 0.29) is 13.5 Å². The van der Waals surface area contributed by atoms with Crippen molar-refractivity contribution in [3.05, 3.63) is 0 Å². The lowest BCUT2D eigenvalue weighted by Crippen LogP contribution is -2.31. The summed E-state index contributed by atoms with van der Waals surface area (Å²) in [5.74, 6) is 0.387. The van der Waals surface area contributed by atoms with E-state index in [2.05, 4.69) is 23.2 Å². The smallest absolute Gasteiger partial charge is 0.203 e. The van der Waals surface area contributed by atoms with E-state index in [0.29, 0.717) is 18.6 Å². The average molecular weight is 359 g/mol. The molecular formula is C12H29NO3P4. The van der Waals surface area contributed by atoms with Crippen molar-refractivity contribution >= 4 is 32.5 Å². The molecule has 1 aliphatic rings. The van der Waals surface area contributed by atoms with Crippen LogP contribution < -0.4 is 5.32 Å². The van der Waals surface area contributed by atoms with Crippen LogP contribution in [0.5, 0.6) is 0 Å². The van der Waals surface area contributed by atoms with Crippen LogP contribution in [-0.2, 0) is 4.57 Å². The Morgan fingerprint density at radius 2 is 1.95 bits per heavy atom. The predicted octanol–water partition coefficient (Wildman–Crippen LogP) is 2.85. The second kappa shape index (κ2) is 10.2. The molecule has 4 nitrogen and oxygen atoms in total. The molecule has 8 heteroatoms. The highest BCUT2D eigenvalue weighted by Crippen LogP contribution is 2.51. The Labute approximate surface area is 128 Å². The molecule has 0 spiro atoms. The summed E-state index contributed by atoms with van der Waals surface area (Å²) in [7, 11) is 2.26. The van der Waals surface area contributed by atoms with Gasteiger partial charge in [0.15, 0.2) is 0 Å². The lowest BCUT2D eigenvalue weighted by atomic mass is 9.91. The topological polar surface area (TPSA) is 69.6 Å². The number of aliphatic hydroxyl groups excluding tert-OH is 1. The van der Waals surface area contributed by atoms with E-state index >= 15 is 0 Å². The van der Waals surface area contributed by atoms with Gasteiger partial charge in [-0.15, -0.1) is 17.9 Å². The van der Waals surface area contributed by atoms with Gasteiger partial charge in [0.25, 0.3) is 0 Å². The zero-order valence-corrected chi connectivity index (χ0v) is 16.2. The van der Waals surface area contributed by atoms with Crippen molar-refractivity contribution < 1.29 is 14.6 Å². The predicted molar refractivity (Wildman–Crippen MR) is 96.2 cm³/mol. The minimum absolute atomic E-state index is 0.0347. The van der Waals surface area contributed by atoms with Crippen LogP contribution in [0.1, 0.15) is 32.1 Å². The van der Waals surface area contributed by atoms with E-state index < -0.39 is 13.5 Å². The maximum atomic E-state index is 12.2. The van der Waals surface area contributed by atoms with E-state index in [1.807, 2.05) is 0 Å². The molecule has 1 aliphatic carbocycles. The van der Waals surface area contributed by atoms with Gasteiger partial charge in [0.2, 0.25) is 7.37 Å². The maximum absolute atomic E-state index is 12.2. The van der Waals surface area contributed by atoms with Gasteiger partial charge in [-0.2, -0.15) is 0 Å². The maximum Gasteiger partial charge on any atom is 0.203 e. The SMILES string of the molecule is O=P(O)(CC1CCCCC1)C[C@H](O)CNCCP(P)P. The van der Waals surface area contributed by atoms with Gasteiger partial charge in [-0.25, -0.2) is 0 Å². The van der Waals surface area contributed by atoms with E-state index in [4.69, 9.17) is 0 Å². The molecule has 3 unspecified atom stereocenters. The zero-order valence-electron chi connectivity index (χ0n) is 12.1. The molecule has 0 bridgehead atoms. The third kappa shape index (κ3) is 9.42. The normalized spacial score (nSPS) is 21.9. The minimum atomic E-state index is -3.18. The van der Waals surface area contributed by atoms with E-state index in [1.54, 1.807) is 0 Å². The van der Waals surface area contributed by atoms with Gasteiger partial charge >= 0.3 is 0 Å². The summed E-state index contributed by atoms with van der Waals surface area (Å²) in [6.45, 7) is 1.25. The zero-order chi connectivity index (χ0) is 15.0. The van der Waals surface area contributed by atoms with Crippen LogP contribution in [0.25, 0.3) is 0 Å². The van der Waals surface area contributed by atoms with Crippen molar-refractivity contribution in [2.45, 2.75) is 38.2 Å². The second-order valence-corrected chi connectivity index (χ2v) is 15.5. The Kier molecular flexibility index (Phi) is 9.94. The fourth-order valence-corrected chi connectivity index (χ4v) is 6.02. The summed E-state index contributed by atoms with van der Waals surface area (Å²) < 4.78 is 12.2. The van der Waals surface area contributed by atoms with Gasteiger partial charge in [-0.3, -0.25) is 4.57 Å². The monoisotopic (exact) mass is 359 g/mol. The average Bonchev–Trinajstić information content (AvgIpc) is 2.34. The van der Waals surface area contributed by atoms with Crippen LogP contribution >= 0.6 is 32.5 Å². The van der Waals surface area contributed by atoms with Crippen molar-refractivity contribution in [2.75, 3.05) is 31.6 Å². The Balaban J connectivity index is 2.20. The van der Waals surface area contributed by atoms with E-state index in [1.165, 1.54) is 19.3 Å². The van der Waals surface area contributed by atoms with Crippen molar-refractivity contribution in [3.8, 4) is 0 Å². The van der Waals surface area contributed by atoms with Crippen molar-refractivity contribution in [3.63, 3.8) is 0 Å². The van der Waals surface area contributed by atoms with Gasteiger partial charge in [-0.1, -0.05) is 26.6 Å². The Morgan fingerprint density at radius 3 is 2.55 bits per heavy atom. The van der Waals surface area contributed by atoms with Gasteiger partial charge in [0.05, 0.1) is 12.3 Å². The lowest BCUT2D eigenvalue weighted by molar-refractivity contribution is 0.191. The van der Waals surface area contributed by atoms with Crippen LogP contribution in [0.3, 0.4) is 0 Å². The first-order chi connectivity index (χ1) is 9.39. The van der Waals surface area contributed by atoms with Crippen LogP contribution in [0.2, 0.25) is 0 Å². The fraction of sp³-hybridized carbons (Fsp3) is 1.00. The first kappa shape index (κ1) is 19.4. The van der Waals surface area contributed by atoms with Crippen LogP contribution in [-0.4, -0.2) is 47.7 Å². The molecule has 4 atom stereocenters. The first-order valence-electron chi connectivity index (χ1n) is 7.35. The summed E-state index contributed by atoms with van der Waals surface area (Å²) in [6.07, 6.45) is 6.54. The number of hydrogen-bond acceptors (Lipinski definition) is 3. The molecule has 0 amide bonds. The molecule has 0 aromatic heterocycles. The lowest BCUT2D eigenvalue weighted by Gasteiger charge is -2.25. The molecule has 1 saturated carbocycles. The Hall–Kier alpha value is 1.40. The quantitative estimate of drug-likeness (QED) is 0.437. The summed E-state index contributed by atoms with van der Waals surface area (Å²) in [5, 5.41) is 13.0. The first-order valence-corrected chi connectivity index (χ1v) is 14.1. The standard InChI is InChI=1S/C12H29NO3P4/c14-12(8-13-6-7-19(17)18)10-20(15,16)9-11-4-2-1-3-5-11/h11-14H,1-10,17-18H2,(H,15,16)/t12-/m1/s1. The third-order valence-electron chi connectivity index (χ3n) is 3.69. The molecule has 0 saturated heterocycles. The molecular weight excluding hydrogens is 330 g/mol. The van der Waals surface area contributed by atoms with E-state index in [0.717, 1.165) is 25.5 Å². The molecule has 0 aromatic rings. The molecule has 0 aromatic carbocycles. The number of aliphatic hydroxyl groups is 1. The third-order valence-corrected chi connectivity index (χ3v) is 8.06. The highest BCUT2D eigenvalue weighted by molar-refractivity contribution is 8.43. The molecule has 20 heavy (non-hydrogen) atoms. The van der Waals surface area contributed by atoms with Crippen LogP contribution in [0.15, 0.2) is 0 Å². The van der Waals surface area contributed by atoms with Gasteiger partial charge in [0, 0.05) is 12.7 Å². The van der Waals surface area contributed by atoms with Crippen LogP contribution in [0, 0.1) is 5.92 Å². The molecule has 0 heterocycles.